The minimum Gasteiger partial charge on any atom is -0.315 e. The van der Waals surface area contributed by atoms with Gasteiger partial charge in [0.25, 0.3) is 0 Å². The van der Waals surface area contributed by atoms with Gasteiger partial charge in [0.15, 0.2) is 0 Å². The average molecular weight is 605 g/mol. The highest BCUT2D eigenvalue weighted by molar-refractivity contribution is 5.82. The van der Waals surface area contributed by atoms with Crippen molar-refractivity contribution in [3.63, 3.8) is 0 Å². The lowest BCUT2D eigenvalue weighted by molar-refractivity contribution is 0.448. The van der Waals surface area contributed by atoms with Crippen molar-refractivity contribution in [1.29, 1.82) is 5.26 Å². The van der Waals surface area contributed by atoms with Crippen LogP contribution < -0.4 is 15.1 Å². The number of hydrogen-bond acceptors (Lipinski definition) is 4. The van der Waals surface area contributed by atoms with E-state index in [-0.39, 0.29) is 11.6 Å². The Morgan fingerprint density at radius 1 is 0.522 bits per heavy atom. The fourth-order valence-electron chi connectivity index (χ4n) is 5.81. The van der Waals surface area contributed by atoms with E-state index in [1.165, 1.54) is 29.8 Å². The molecule has 1 heterocycles. The predicted molar refractivity (Wildman–Crippen MR) is 181 cm³/mol. The fraction of sp³-hybridized carbons (Fsp3) is 0.0750. The van der Waals surface area contributed by atoms with Gasteiger partial charge in [-0.3, -0.25) is 0 Å². The van der Waals surface area contributed by atoms with Crippen molar-refractivity contribution < 1.29 is 8.78 Å². The molecule has 1 N–H and O–H groups in total. The highest BCUT2D eigenvalue weighted by atomic mass is 19.1. The van der Waals surface area contributed by atoms with Crippen LogP contribution in [0.1, 0.15) is 17.0 Å². The first kappa shape index (κ1) is 29.0. The summed E-state index contributed by atoms with van der Waals surface area (Å²) in [6.07, 6.45) is 0. The van der Waals surface area contributed by atoms with E-state index in [1.807, 2.05) is 47.4 Å². The monoisotopic (exact) mass is 604 g/mol. The van der Waals surface area contributed by atoms with Gasteiger partial charge in [-0.15, -0.1) is 0 Å². The van der Waals surface area contributed by atoms with Crippen LogP contribution in [0.5, 0.6) is 0 Å². The van der Waals surface area contributed by atoms with Gasteiger partial charge in [-0.25, -0.2) is 8.78 Å². The molecule has 4 nitrogen and oxygen atoms in total. The molecule has 6 heteroatoms. The van der Waals surface area contributed by atoms with E-state index in [9.17, 15) is 14.0 Å². The quantitative estimate of drug-likeness (QED) is 0.188. The molecule has 7 rings (SSSR count). The van der Waals surface area contributed by atoms with Crippen LogP contribution in [0.3, 0.4) is 0 Å². The van der Waals surface area contributed by atoms with E-state index < -0.39 is 0 Å². The summed E-state index contributed by atoms with van der Waals surface area (Å²) in [5.74, 6) is -0.0925. The first-order valence-corrected chi connectivity index (χ1v) is 15.2. The van der Waals surface area contributed by atoms with Gasteiger partial charge in [0, 0.05) is 53.1 Å². The van der Waals surface area contributed by atoms with Crippen molar-refractivity contribution in [3.05, 3.63) is 168 Å². The zero-order valence-corrected chi connectivity index (χ0v) is 24.9. The van der Waals surface area contributed by atoms with Gasteiger partial charge in [-0.2, -0.15) is 5.26 Å². The van der Waals surface area contributed by atoms with Crippen LogP contribution in [0.15, 0.2) is 146 Å². The lowest BCUT2D eigenvalue weighted by Gasteiger charge is -2.29. The Balaban J connectivity index is 1.24. The van der Waals surface area contributed by atoms with Crippen molar-refractivity contribution in [1.82, 2.24) is 5.32 Å². The van der Waals surface area contributed by atoms with Gasteiger partial charge >= 0.3 is 0 Å². The van der Waals surface area contributed by atoms with Gasteiger partial charge in [0.1, 0.15) is 11.6 Å². The normalized spacial score (nSPS) is 12.6. The van der Waals surface area contributed by atoms with Gasteiger partial charge < -0.3 is 15.1 Å². The van der Waals surface area contributed by atoms with Crippen LogP contribution in [0.25, 0.3) is 11.1 Å². The van der Waals surface area contributed by atoms with Gasteiger partial charge in [0.05, 0.1) is 11.6 Å². The second-order valence-electron chi connectivity index (χ2n) is 11.3. The Morgan fingerprint density at radius 2 is 0.978 bits per heavy atom. The molecular weight excluding hydrogens is 574 g/mol. The maximum absolute atomic E-state index is 13.8. The smallest absolute Gasteiger partial charge is 0.123 e. The number of benzene rings is 6. The van der Waals surface area contributed by atoms with E-state index >= 15 is 0 Å². The third-order valence-corrected chi connectivity index (χ3v) is 8.39. The average Bonchev–Trinajstić information content (AvgIpc) is 3.07. The first-order valence-electron chi connectivity index (χ1n) is 15.2. The molecule has 1 aliphatic rings. The van der Waals surface area contributed by atoms with E-state index in [0.29, 0.717) is 11.5 Å². The maximum atomic E-state index is 13.8. The van der Waals surface area contributed by atoms with Crippen LogP contribution in [-0.4, -0.2) is 13.1 Å². The second-order valence-corrected chi connectivity index (χ2v) is 11.3. The molecule has 224 valence electrons. The summed E-state index contributed by atoms with van der Waals surface area (Å²) < 4.78 is 27.5. The molecule has 0 aromatic heterocycles. The Bertz CT molecular complexity index is 1930. The summed E-state index contributed by atoms with van der Waals surface area (Å²) in [5.41, 5.74) is 9.36. The molecular formula is C40H30F2N4. The largest absolute Gasteiger partial charge is 0.315 e. The second kappa shape index (κ2) is 12.7. The molecule has 0 spiro atoms. The molecule has 6 aromatic rings. The van der Waals surface area contributed by atoms with Crippen LogP contribution >= 0.6 is 0 Å². The molecule has 0 saturated carbocycles. The molecule has 0 aliphatic carbocycles. The number of rotatable bonds is 8. The molecule has 6 aromatic carbocycles. The summed E-state index contributed by atoms with van der Waals surface area (Å²) in [5, 5.41) is 12.7. The lowest BCUT2D eigenvalue weighted by Crippen LogP contribution is -2.39. The van der Waals surface area contributed by atoms with E-state index in [4.69, 9.17) is 0 Å². The Kier molecular flexibility index (Phi) is 7.99. The minimum absolute atomic E-state index is 0.320. The molecule has 1 fully saturated rings. The summed E-state index contributed by atoms with van der Waals surface area (Å²) in [4.78, 5) is 4.17. The van der Waals surface area contributed by atoms with E-state index in [1.54, 1.807) is 24.3 Å². The zero-order valence-electron chi connectivity index (χ0n) is 24.9. The number of hydrogen-bond donors (Lipinski definition) is 1. The Morgan fingerprint density at radius 3 is 1.46 bits per heavy atom. The maximum Gasteiger partial charge on any atom is 0.123 e. The molecule has 46 heavy (non-hydrogen) atoms. The third kappa shape index (κ3) is 5.97. The summed E-state index contributed by atoms with van der Waals surface area (Å²) in [6, 6.07) is 47.6. The number of nitrogens with zero attached hydrogens (tertiary/aromatic N) is 3. The van der Waals surface area contributed by atoms with Gasteiger partial charge in [-0.05, 0) is 126 Å². The predicted octanol–water partition coefficient (Wildman–Crippen LogP) is 10.1. The molecule has 0 radical (unpaired) electrons. The van der Waals surface area contributed by atoms with Gasteiger partial charge in [0.2, 0.25) is 0 Å². The van der Waals surface area contributed by atoms with Crippen LogP contribution in [-0.2, 0) is 0 Å². The number of nitrogens with one attached hydrogen (secondary N) is 1. The van der Waals surface area contributed by atoms with E-state index in [2.05, 4.69) is 70.9 Å². The fourth-order valence-corrected chi connectivity index (χ4v) is 5.81. The third-order valence-electron chi connectivity index (χ3n) is 8.39. The zero-order chi connectivity index (χ0) is 31.5. The van der Waals surface area contributed by atoms with Crippen molar-refractivity contribution in [2.75, 3.05) is 22.9 Å². The van der Waals surface area contributed by atoms with Crippen molar-refractivity contribution in [2.45, 2.75) is 5.92 Å². The molecule has 1 saturated heterocycles. The topological polar surface area (TPSA) is 42.3 Å². The highest BCUT2D eigenvalue weighted by Crippen LogP contribution is 2.39. The van der Waals surface area contributed by atoms with Crippen LogP contribution in [0.4, 0.5) is 42.9 Å². The summed E-state index contributed by atoms with van der Waals surface area (Å²) >= 11 is 0. The molecule has 0 bridgehead atoms. The molecule has 0 atom stereocenters. The minimum atomic E-state index is -0.320. The standard InChI is InChI=1S/C40H30F2N4/c41-33-10-20-38(21-11-33)45(39-22-12-34(42)13-23-39)36-16-6-29(7-17-36)31-2-1-3-40(24-31)46(35-14-4-28(25-43)5-15-35)37-18-8-30(9-19-37)32-26-44-27-32/h1-24,32,44H,26-27H2. The van der Waals surface area contributed by atoms with Crippen LogP contribution in [0, 0.1) is 23.0 Å². The van der Waals surface area contributed by atoms with E-state index in [0.717, 1.165) is 58.3 Å². The summed E-state index contributed by atoms with van der Waals surface area (Å²) in [6.45, 7) is 2.01. The summed E-state index contributed by atoms with van der Waals surface area (Å²) in [7, 11) is 0. The Hall–Kier alpha value is -5.77. The number of anilines is 6. The van der Waals surface area contributed by atoms with Crippen molar-refractivity contribution in [3.8, 4) is 17.2 Å². The first-order chi connectivity index (χ1) is 22.6. The Labute approximate surface area is 267 Å². The molecule has 1 aliphatic heterocycles. The van der Waals surface area contributed by atoms with Crippen molar-refractivity contribution in [2.24, 2.45) is 0 Å². The highest BCUT2D eigenvalue weighted by Gasteiger charge is 2.20. The number of halogens is 2. The molecule has 0 unspecified atom stereocenters. The van der Waals surface area contributed by atoms with Gasteiger partial charge in [-0.1, -0.05) is 36.4 Å². The van der Waals surface area contributed by atoms with Crippen LogP contribution in [0.2, 0.25) is 0 Å². The number of nitriles is 1. The lowest BCUT2D eigenvalue weighted by atomic mass is 9.93. The van der Waals surface area contributed by atoms with Crippen molar-refractivity contribution >= 4 is 34.1 Å². The SMILES string of the molecule is N#Cc1ccc(N(c2ccc(C3CNC3)cc2)c2cccc(-c3ccc(N(c4ccc(F)cc4)c4ccc(F)cc4)cc3)c2)cc1. The molecule has 0 amide bonds.